The number of methoxy groups -OCH3 is 1. The van der Waals surface area contributed by atoms with Gasteiger partial charge in [0, 0.05) is 19.4 Å². The molecule has 2 heterocycles. The number of ether oxygens (including phenoxy) is 5. The maximum absolute atomic E-state index is 12.6. The first-order chi connectivity index (χ1) is 24.0. The Labute approximate surface area is 302 Å². The van der Waals surface area contributed by atoms with Crippen LogP contribution in [-0.2, 0) is 23.7 Å². The third-order valence-electron chi connectivity index (χ3n) is 14.9. The van der Waals surface area contributed by atoms with Crippen molar-refractivity contribution in [3.05, 3.63) is 0 Å². The molecule has 13 heteroatoms. The van der Waals surface area contributed by atoms with Crippen LogP contribution in [0.2, 0.25) is 0 Å². The average molecular weight is 731 g/mol. The third kappa shape index (κ3) is 6.97. The number of rotatable bonds is 11. The van der Waals surface area contributed by atoms with E-state index in [0.717, 1.165) is 25.7 Å². The number of hydrogen-bond donors (Lipinski definition) is 8. The molecule has 0 amide bonds. The Kier molecular flexibility index (Phi) is 12.0. The summed E-state index contributed by atoms with van der Waals surface area (Å²) in [6.07, 6.45) is -5.08. The summed E-state index contributed by atoms with van der Waals surface area (Å²) in [7, 11) is 1.36. The van der Waals surface area contributed by atoms with Gasteiger partial charge in [0.1, 0.15) is 36.6 Å². The molecule has 0 aromatic heterocycles. The molecule has 6 fully saturated rings. The zero-order chi connectivity index (χ0) is 37.2. The van der Waals surface area contributed by atoms with Gasteiger partial charge in [-0.25, -0.2) is 0 Å². The highest BCUT2D eigenvalue weighted by Gasteiger charge is 2.70. The molecule has 0 bridgehead atoms. The Balaban J connectivity index is 1.13. The Bertz CT molecular complexity index is 1180. The van der Waals surface area contributed by atoms with E-state index in [2.05, 4.69) is 20.8 Å². The van der Waals surface area contributed by atoms with Crippen LogP contribution in [0.3, 0.4) is 0 Å². The maximum Gasteiger partial charge on any atom is 0.187 e. The fourth-order valence-corrected chi connectivity index (χ4v) is 12.2. The highest BCUT2D eigenvalue weighted by molar-refractivity contribution is 5.20. The molecule has 11 unspecified atom stereocenters. The monoisotopic (exact) mass is 730 g/mol. The van der Waals surface area contributed by atoms with Crippen LogP contribution in [-0.4, -0.2) is 140 Å². The largest absolute Gasteiger partial charge is 0.394 e. The van der Waals surface area contributed by atoms with Crippen LogP contribution in [0, 0.1) is 46.3 Å². The molecule has 0 aromatic rings. The second-order valence-corrected chi connectivity index (χ2v) is 18.0. The summed E-state index contributed by atoms with van der Waals surface area (Å²) in [6.45, 7) is 10.1. The summed E-state index contributed by atoms with van der Waals surface area (Å²) in [5.74, 6) is -0.0804. The van der Waals surface area contributed by atoms with E-state index in [-0.39, 0.29) is 65.5 Å². The maximum atomic E-state index is 12.6. The van der Waals surface area contributed by atoms with Gasteiger partial charge < -0.3 is 64.5 Å². The van der Waals surface area contributed by atoms with E-state index in [1.807, 2.05) is 13.8 Å². The summed E-state index contributed by atoms with van der Waals surface area (Å²) in [4.78, 5) is 0. The molecule has 4 aliphatic carbocycles. The highest BCUT2D eigenvalue weighted by atomic mass is 16.8. The predicted molar refractivity (Wildman–Crippen MR) is 183 cm³/mol. The van der Waals surface area contributed by atoms with Crippen LogP contribution in [0.1, 0.15) is 92.4 Å². The first-order valence-electron chi connectivity index (χ1n) is 19.5. The van der Waals surface area contributed by atoms with E-state index in [1.54, 1.807) is 0 Å². The van der Waals surface area contributed by atoms with Crippen molar-refractivity contribution in [1.29, 1.82) is 0 Å². The summed E-state index contributed by atoms with van der Waals surface area (Å²) < 4.78 is 29.5. The Morgan fingerprint density at radius 2 is 1.53 bits per heavy atom. The molecule has 0 spiro atoms. The molecule has 8 N–H and O–H groups in total. The normalized spacial score (nSPS) is 52.6. The summed E-state index contributed by atoms with van der Waals surface area (Å²) in [5.41, 5.74) is -1.80. The van der Waals surface area contributed by atoms with E-state index in [9.17, 15) is 40.9 Å². The topological polar surface area (TPSA) is 208 Å². The van der Waals surface area contributed by atoms with Crippen molar-refractivity contribution in [2.45, 2.75) is 172 Å². The SMILES string of the molecule is COC1C(OC2C(O[C@@H](CC[C@@H](C)[C@H]3C[C@H](O)C4[C@]5(O)C[C@H](O)C6C[C@@H](O)CC[C@]6(C)C5CC[C@@]43C)C(C)C)OC(CO)C2O)OCC(O)C1O. The van der Waals surface area contributed by atoms with Gasteiger partial charge in [-0.2, -0.15) is 0 Å². The smallest absolute Gasteiger partial charge is 0.187 e. The van der Waals surface area contributed by atoms with Crippen LogP contribution in [0.4, 0.5) is 0 Å². The van der Waals surface area contributed by atoms with Crippen LogP contribution >= 0.6 is 0 Å². The number of fused-ring (bicyclic) bond motifs is 5. The molecule has 51 heavy (non-hydrogen) atoms. The van der Waals surface area contributed by atoms with Gasteiger partial charge in [0.15, 0.2) is 12.6 Å². The van der Waals surface area contributed by atoms with Crippen molar-refractivity contribution in [2.75, 3.05) is 20.3 Å². The Morgan fingerprint density at radius 3 is 2.20 bits per heavy atom. The van der Waals surface area contributed by atoms with Crippen LogP contribution in [0.25, 0.3) is 0 Å². The predicted octanol–water partition coefficient (Wildman–Crippen LogP) is 1.08. The van der Waals surface area contributed by atoms with E-state index in [0.29, 0.717) is 25.7 Å². The van der Waals surface area contributed by atoms with Crippen LogP contribution in [0.5, 0.6) is 0 Å². The van der Waals surface area contributed by atoms with Gasteiger partial charge in [-0.3, -0.25) is 0 Å². The number of aliphatic hydroxyl groups is 8. The lowest BCUT2D eigenvalue weighted by molar-refractivity contribution is -0.311. The molecule has 296 valence electrons. The van der Waals surface area contributed by atoms with E-state index in [4.69, 9.17) is 23.7 Å². The van der Waals surface area contributed by atoms with Gasteiger partial charge in [-0.05, 0) is 91.8 Å². The van der Waals surface area contributed by atoms with E-state index < -0.39 is 79.7 Å². The van der Waals surface area contributed by atoms with Crippen molar-refractivity contribution in [3.63, 3.8) is 0 Å². The average Bonchev–Trinajstić information content (AvgIpc) is 3.53. The van der Waals surface area contributed by atoms with Gasteiger partial charge in [0.05, 0.1) is 43.2 Å². The first kappa shape index (κ1) is 40.2. The molecular formula is C38H66O13. The van der Waals surface area contributed by atoms with Crippen molar-refractivity contribution >= 4 is 0 Å². The quantitative estimate of drug-likeness (QED) is 0.150. The minimum Gasteiger partial charge on any atom is -0.394 e. The van der Waals surface area contributed by atoms with Gasteiger partial charge in [-0.1, -0.05) is 34.6 Å². The third-order valence-corrected chi connectivity index (χ3v) is 14.9. The first-order valence-corrected chi connectivity index (χ1v) is 19.5. The molecule has 6 rings (SSSR count). The van der Waals surface area contributed by atoms with Gasteiger partial charge in [0.25, 0.3) is 0 Å². The van der Waals surface area contributed by atoms with Gasteiger partial charge >= 0.3 is 0 Å². The van der Waals surface area contributed by atoms with Crippen LogP contribution in [0.15, 0.2) is 0 Å². The van der Waals surface area contributed by atoms with Crippen molar-refractivity contribution in [2.24, 2.45) is 46.3 Å². The lowest BCUT2D eigenvalue weighted by Gasteiger charge is -2.66. The second-order valence-electron chi connectivity index (χ2n) is 18.0. The highest BCUT2D eigenvalue weighted by Crippen LogP contribution is 2.69. The fraction of sp³-hybridized carbons (Fsp3) is 1.00. The van der Waals surface area contributed by atoms with Crippen molar-refractivity contribution in [3.8, 4) is 0 Å². The minimum atomic E-state index is -1.26. The lowest BCUT2D eigenvalue weighted by atomic mass is 9.42. The summed E-state index contributed by atoms with van der Waals surface area (Å²) in [6, 6.07) is 0. The van der Waals surface area contributed by atoms with Crippen molar-refractivity contribution in [1.82, 2.24) is 0 Å². The molecule has 20 atom stereocenters. The van der Waals surface area contributed by atoms with Crippen LogP contribution < -0.4 is 0 Å². The Morgan fingerprint density at radius 1 is 0.824 bits per heavy atom. The molecule has 2 saturated heterocycles. The molecule has 0 radical (unpaired) electrons. The molecule has 0 aromatic carbocycles. The fourth-order valence-electron chi connectivity index (χ4n) is 12.2. The zero-order valence-corrected chi connectivity index (χ0v) is 31.3. The molecule has 2 aliphatic heterocycles. The number of aliphatic hydroxyl groups excluding tert-OH is 7. The van der Waals surface area contributed by atoms with Crippen molar-refractivity contribution < 1.29 is 64.5 Å². The van der Waals surface area contributed by atoms with E-state index in [1.165, 1.54) is 7.11 Å². The molecule has 6 aliphatic rings. The Hall–Kier alpha value is -0.520. The van der Waals surface area contributed by atoms with Gasteiger partial charge in [-0.15, -0.1) is 0 Å². The second kappa shape index (κ2) is 15.2. The number of hydrogen-bond acceptors (Lipinski definition) is 13. The standard InChI is InChI=1S/C38H66O13/c1-18(2)26(49-35-32(30(45)27(16-39)50-35)51-34-31(47-6)29(44)25(43)17-48-34)8-7-19(3)21-14-23(41)33-37(21,5)12-10-28-36(4)11-9-20(40)13-22(36)24(42)15-38(28,33)46/h18-35,39-46H,7-17H2,1-6H3/t19-,20+,21-,22?,23+,24+,25?,26+,27?,28?,29?,30?,31?,32?,33?,34?,35?,36+,37-,38+/m1/s1. The molecule has 4 saturated carbocycles. The van der Waals surface area contributed by atoms with E-state index >= 15 is 0 Å². The van der Waals surface area contributed by atoms with Gasteiger partial charge in [0.2, 0.25) is 0 Å². The minimum absolute atomic E-state index is 0.0439. The summed E-state index contributed by atoms with van der Waals surface area (Å²) in [5, 5.41) is 87.7. The molecule has 13 nitrogen and oxygen atoms in total. The lowest BCUT2D eigenvalue weighted by Crippen LogP contribution is -2.68. The summed E-state index contributed by atoms with van der Waals surface area (Å²) >= 11 is 0. The molecular weight excluding hydrogens is 664 g/mol. The zero-order valence-electron chi connectivity index (χ0n) is 31.3.